The number of carbonyl (C=O) groups is 1. The minimum absolute atomic E-state index is 0.0191. The van der Waals surface area contributed by atoms with E-state index in [1.165, 1.54) is 12.8 Å². The van der Waals surface area contributed by atoms with Gasteiger partial charge in [0.25, 0.3) is 5.91 Å². The molecule has 2 fully saturated rings. The van der Waals surface area contributed by atoms with Gasteiger partial charge < -0.3 is 15.1 Å². The maximum atomic E-state index is 12.6. The molecule has 8 heteroatoms. The van der Waals surface area contributed by atoms with Crippen molar-refractivity contribution in [3.63, 3.8) is 0 Å². The van der Waals surface area contributed by atoms with Crippen LogP contribution in [0.25, 0.3) is 0 Å². The Morgan fingerprint density at radius 2 is 1.55 bits per heavy atom. The van der Waals surface area contributed by atoms with Crippen LogP contribution in [-0.4, -0.2) is 88.3 Å². The van der Waals surface area contributed by atoms with Crippen molar-refractivity contribution >= 4 is 15.9 Å². The van der Waals surface area contributed by atoms with Gasteiger partial charge in [0, 0.05) is 38.3 Å². The molecule has 0 aromatic heterocycles. The summed E-state index contributed by atoms with van der Waals surface area (Å²) in [6.45, 7) is 5.56. The molecule has 1 N–H and O–H groups in total. The molecule has 0 bridgehead atoms. The van der Waals surface area contributed by atoms with E-state index in [4.69, 9.17) is 0 Å². The molecule has 2 aliphatic heterocycles. The Hall–Kier alpha value is -1.48. The summed E-state index contributed by atoms with van der Waals surface area (Å²) in [6, 6.07) is 6.94. The standard InChI is InChI=1S/C21H34N4O3S/c1-23-11-8-18(9-12-23)7-10-22-21(26)20-5-3-19(4-6-20)17-29(27,28)25-15-13-24(2)14-16-25/h3-6,18H,7-17H2,1-2H3,(H,22,26). The number of hydrogen-bond acceptors (Lipinski definition) is 5. The number of nitrogens with one attached hydrogen (secondary N) is 1. The number of carbonyl (C=O) groups excluding carboxylic acids is 1. The van der Waals surface area contributed by atoms with E-state index in [0.29, 0.717) is 36.7 Å². The van der Waals surface area contributed by atoms with Gasteiger partial charge in [-0.1, -0.05) is 12.1 Å². The van der Waals surface area contributed by atoms with Crippen molar-refractivity contribution in [1.29, 1.82) is 0 Å². The zero-order valence-electron chi connectivity index (χ0n) is 17.6. The summed E-state index contributed by atoms with van der Waals surface area (Å²) in [6.07, 6.45) is 3.41. The molecule has 0 spiro atoms. The molecule has 1 aromatic rings. The minimum Gasteiger partial charge on any atom is -0.352 e. The summed E-state index contributed by atoms with van der Waals surface area (Å²) in [4.78, 5) is 16.8. The third-order valence-electron chi connectivity index (χ3n) is 6.10. The molecule has 2 saturated heterocycles. The predicted octanol–water partition coefficient (Wildman–Crippen LogP) is 1.23. The lowest BCUT2D eigenvalue weighted by atomic mass is 9.94. The first-order valence-corrected chi connectivity index (χ1v) is 12.2. The normalized spacial score (nSPS) is 20.6. The molecule has 0 atom stereocenters. The van der Waals surface area contributed by atoms with Crippen molar-refractivity contribution in [2.75, 3.05) is 59.9 Å². The molecule has 7 nitrogen and oxygen atoms in total. The minimum atomic E-state index is -3.32. The second-order valence-corrected chi connectivity index (χ2v) is 10.4. The summed E-state index contributed by atoms with van der Waals surface area (Å²) in [5.74, 6) is 0.578. The molecule has 0 unspecified atom stereocenters. The highest BCUT2D eigenvalue weighted by atomic mass is 32.2. The second-order valence-electron chi connectivity index (χ2n) is 8.45. The Bertz CT molecular complexity index is 766. The van der Waals surface area contributed by atoms with E-state index in [0.717, 1.165) is 32.6 Å². The van der Waals surface area contributed by atoms with Crippen LogP contribution < -0.4 is 5.32 Å². The van der Waals surface area contributed by atoms with Crippen molar-refractivity contribution < 1.29 is 13.2 Å². The highest BCUT2D eigenvalue weighted by molar-refractivity contribution is 7.88. The average Bonchev–Trinajstić information content (AvgIpc) is 2.70. The fourth-order valence-electron chi connectivity index (χ4n) is 3.96. The second kappa shape index (κ2) is 10.0. The van der Waals surface area contributed by atoms with E-state index in [-0.39, 0.29) is 11.7 Å². The Kier molecular flexibility index (Phi) is 7.67. The van der Waals surface area contributed by atoms with E-state index >= 15 is 0 Å². The number of benzene rings is 1. The van der Waals surface area contributed by atoms with Crippen molar-refractivity contribution in [3.05, 3.63) is 35.4 Å². The van der Waals surface area contributed by atoms with Crippen molar-refractivity contribution in [2.24, 2.45) is 5.92 Å². The molecule has 0 radical (unpaired) electrons. The largest absolute Gasteiger partial charge is 0.352 e. The van der Waals surface area contributed by atoms with Crippen molar-refractivity contribution in [1.82, 2.24) is 19.4 Å². The third kappa shape index (κ3) is 6.50. The fraction of sp³-hybridized carbons (Fsp3) is 0.667. The first-order chi connectivity index (χ1) is 13.8. The highest BCUT2D eigenvalue weighted by Crippen LogP contribution is 2.19. The van der Waals surface area contributed by atoms with Gasteiger partial charge in [0.15, 0.2) is 0 Å². The van der Waals surface area contributed by atoms with Crippen LogP contribution in [0.15, 0.2) is 24.3 Å². The van der Waals surface area contributed by atoms with Gasteiger partial charge in [0.2, 0.25) is 10.0 Å². The summed E-state index contributed by atoms with van der Waals surface area (Å²) in [5.41, 5.74) is 1.29. The zero-order chi connectivity index (χ0) is 20.9. The van der Waals surface area contributed by atoms with Crippen LogP contribution in [0.5, 0.6) is 0 Å². The van der Waals surface area contributed by atoms with Gasteiger partial charge in [-0.25, -0.2) is 8.42 Å². The summed E-state index contributed by atoms with van der Waals surface area (Å²) in [7, 11) is 0.832. The lowest BCUT2D eigenvalue weighted by Gasteiger charge is -2.31. The number of piperidine rings is 1. The Balaban J connectivity index is 1.46. The molecule has 2 aliphatic rings. The zero-order valence-corrected chi connectivity index (χ0v) is 18.5. The predicted molar refractivity (Wildman–Crippen MR) is 115 cm³/mol. The average molecular weight is 423 g/mol. The number of hydrogen-bond donors (Lipinski definition) is 1. The van der Waals surface area contributed by atoms with Gasteiger partial charge in [-0.05, 0) is 70.1 Å². The third-order valence-corrected chi connectivity index (χ3v) is 7.95. The molecule has 1 amide bonds. The quantitative estimate of drug-likeness (QED) is 0.715. The van der Waals surface area contributed by atoms with Crippen LogP contribution in [0, 0.1) is 5.92 Å². The van der Waals surface area contributed by atoms with Crippen LogP contribution in [0.3, 0.4) is 0 Å². The maximum absolute atomic E-state index is 12.6. The van der Waals surface area contributed by atoms with E-state index < -0.39 is 10.0 Å². The topological polar surface area (TPSA) is 73.0 Å². The van der Waals surface area contributed by atoms with Crippen molar-refractivity contribution in [2.45, 2.75) is 25.0 Å². The number of likely N-dealkylation sites (tertiary alicyclic amines) is 1. The first-order valence-electron chi connectivity index (χ1n) is 10.6. The number of likely N-dealkylation sites (N-methyl/N-ethyl adjacent to an activating group) is 1. The first kappa shape index (κ1) is 22.2. The van der Waals surface area contributed by atoms with E-state index in [1.807, 2.05) is 7.05 Å². The van der Waals surface area contributed by atoms with Gasteiger partial charge in [0.05, 0.1) is 5.75 Å². The molecular weight excluding hydrogens is 388 g/mol. The lowest BCUT2D eigenvalue weighted by Crippen LogP contribution is -2.47. The number of amides is 1. The monoisotopic (exact) mass is 422 g/mol. The number of rotatable bonds is 7. The molecule has 3 rings (SSSR count). The van der Waals surface area contributed by atoms with Crippen LogP contribution >= 0.6 is 0 Å². The van der Waals surface area contributed by atoms with E-state index in [2.05, 4.69) is 22.2 Å². The maximum Gasteiger partial charge on any atom is 0.251 e. The van der Waals surface area contributed by atoms with E-state index in [9.17, 15) is 13.2 Å². The smallest absolute Gasteiger partial charge is 0.251 e. The number of sulfonamides is 1. The SMILES string of the molecule is CN1CCC(CCNC(=O)c2ccc(CS(=O)(=O)N3CCN(C)CC3)cc2)CC1. The van der Waals surface area contributed by atoms with Crippen LogP contribution in [-0.2, 0) is 15.8 Å². The molecular formula is C21H34N4O3S. The van der Waals surface area contributed by atoms with Crippen LogP contribution in [0.1, 0.15) is 35.2 Å². The molecule has 2 heterocycles. The summed E-state index contributed by atoms with van der Waals surface area (Å²) in [5, 5.41) is 3.00. The summed E-state index contributed by atoms with van der Waals surface area (Å²) >= 11 is 0. The van der Waals surface area contributed by atoms with Gasteiger partial charge in [-0.15, -0.1) is 0 Å². The van der Waals surface area contributed by atoms with Gasteiger partial charge in [-0.2, -0.15) is 4.31 Å². The molecule has 0 saturated carbocycles. The van der Waals surface area contributed by atoms with Crippen LogP contribution in [0.4, 0.5) is 0 Å². The molecule has 0 aliphatic carbocycles. The Labute approximate surface area is 175 Å². The Morgan fingerprint density at radius 3 is 2.17 bits per heavy atom. The number of piperazine rings is 1. The van der Waals surface area contributed by atoms with Gasteiger partial charge in [0.1, 0.15) is 0 Å². The fourth-order valence-corrected chi connectivity index (χ4v) is 5.48. The lowest BCUT2D eigenvalue weighted by molar-refractivity contribution is 0.0949. The summed E-state index contributed by atoms with van der Waals surface area (Å²) < 4.78 is 26.8. The number of nitrogens with zero attached hydrogens (tertiary/aromatic N) is 3. The van der Waals surface area contributed by atoms with Crippen LogP contribution in [0.2, 0.25) is 0 Å². The van der Waals surface area contributed by atoms with Crippen molar-refractivity contribution in [3.8, 4) is 0 Å². The van der Waals surface area contributed by atoms with E-state index in [1.54, 1.807) is 28.6 Å². The van der Waals surface area contributed by atoms with Gasteiger partial charge in [-0.3, -0.25) is 4.79 Å². The van der Waals surface area contributed by atoms with Gasteiger partial charge >= 0.3 is 0 Å². The molecule has 29 heavy (non-hydrogen) atoms. The highest BCUT2D eigenvalue weighted by Gasteiger charge is 2.26. The molecule has 1 aromatic carbocycles. The molecule has 162 valence electrons. The Morgan fingerprint density at radius 1 is 0.966 bits per heavy atom.